The van der Waals surface area contributed by atoms with Crippen molar-refractivity contribution in [3.05, 3.63) is 0 Å². The average Bonchev–Trinajstić information content (AvgIpc) is 2.47. The predicted molar refractivity (Wildman–Crippen MR) is 68.9 cm³/mol. The molecule has 2 heterocycles. The van der Waals surface area contributed by atoms with E-state index in [-0.39, 0.29) is 18.2 Å². The average molecular weight is 270 g/mol. The Morgan fingerprint density at radius 2 is 2.00 bits per heavy atom. The number of rotatable bonds is 0. The largest absolute Gasteiger partial charge is 0.444 e. The van der Waals surface area contributed by atoms with Crippen LogP contribution in [-0.4, -0.2) is 58.9 Å². The van der Waals surface area contributed by atoms with Crippen LogP contribution in [0, 0.1) is 0 Å². The minimum Gasteiger partial charge on any atom is -0.444 e. The van der Waals surface area contributed by atoms with Gasteiger partial charge in [0.15, 0.2) is 0 Å². The Bertz CT molecular complexity index is 400. The lowest BCUT2D eigenvalue weighted by molar-refractivity contribution is 0.00219. The number of cyclic esters (lactones) is 1. The third-order valence-corrected chi connectivity index (χ3v) is 3.42. The first-order valence-electron chi connectivity index (χ1n) is 6.58. The lowest BCUT2D eigenvalue weighted by atomic mass is 9.97. The van der Waals surface area contributed by atoms with Gasteiger partial charge in [-0.1, -0.05) is 0 Å². The van der Waals surface area contributed by atoms with Gasteiger partial charge in [-0.05, 0) is 34.6 Å². The molecule has 0 radical (unpaired) electrons. The number of fused-ring (bicyclic) bond motifs is 1. The summed E-state index contributed by atoms with van der Waals surface area (Å²) in [5.41, 5.74) is -1.08. The summed E-state index contributed by atoms with van der Waals surface area (Å²) in [7, 11) is 0. The highest BCUT2D eigenvalue weighted by molar-refractivity contribution is 5.73. The molecule has 6 nitrogen and oxygen atoms in total. The van der Waals surface area contributed by atoms with Crippen LogP contribution < -0.4 is 0 Å². The van der Waals surface area contributed by atoms with E-state index in [0.29, 0.717) is 19.6 Å². The number of hydrogen-bond acceptors (Lipinski definition) is 4. The maximum Gasteiger partial charge on any atom is 0.410 e. The monoisotopic (exact) mass is 270 g/mol. The molecule has 0 unspecified atom stereocenters. The fourth-order valence-electron chi connectivity index (χ4n) is 2.44. The van der Waals surface area contributed by atoms with E-state index in [1.807, 2.05) is 34.6 Å². The summed E-state index contributed by atoms with van der Waals surface area (Å²) in [6.07, 6.45) is -0.624. The zero-order valence-corrected chi connectivity index (χ0v) is 12.2. The molecule has 2 saturated heterocycles. The van der Waals surface area contributed by atoms with Gasteiger partial charge in [-0.15, -0.1) is 0 Å². The smallest absolute Gasteiger partial charge is 0.410 e. The molecule has 0 bridgehead atoms. The summed E-state index contributed by atoms with van der Waals surface area (Å²) in [5.74, 6) is 0. The molecule has 2 fully saturated rings. The van der Waals surface area contributed by atoms with Crippen LogP contribution in [0.1, 0.15) is 34.6 Å². The lowest BCUT2D eigenvalue weighted by Crippen LogP contribution is -2.58. The summed E-state index contributed by atoms with van der Waals surface area (Å²) in [6.45, 7) is 10.7. The van der Waals surface area contributed by atoms with Gasteiger partial charge >= 0.3 is 12.2 Å². The first-order chi connectivity index (χ1) is 8.60. The molecule has 6 heteroatoms. The van der Waals surface area contributed by atoms with E-state index in [1.54, 1.807) is 9.80 Å². The van der Waals surface area contributed by atoms with Gasteiger partial charge in [-0.25, -0.2) is 9.59 Å². The van der Waals surface area contributed by atoms with Crippen molar-refractivity contribution >= 4 is 12.2 Å². The second-order valence-corrected chi connectivity index (χ2v) is 6.61. The molecule has 0 saturated carbocycles. The van der Waals surface area contributed by atoms with Gasteiger partial charge in [0.25, 0.3) is 0 Å². The minimum absolute atomic E-state index is 0.110. The van der Waals surface area contributed by atoms with Gasteiger partial charge in [0.1, 0.15) is 11.2 Å². The number of carbonyl (C=O) groups is 2. The van der Waals surface area contributed by atoms with Crippen molar-refractivity contribution in [2.45, 2.75) is 51.9 Å². The number of hydrogen-bond donors (Lipinski definition) is 0. The van der Waals surface area contributed by atoms with E-state index in [9.17, 15) is 9.59 Å². The van der Waals surface area contributed by atoms with Gasteiger partial charge in [0.2, 0.25) is 0 Å². The first-order valence-corrected chi connectivity index (χ1v) is 6.58. The molecule has 0 N–H and O–H groups in total. The normalized spacial score (nSPS) is 25.9. The lowest BCUT2D eigenvalue weighted by Gasteiger charge is -2.39. The Hall–Kier alpha value is -1.46. The zero-order valence-electron chi connectivity index (χ0n) is 12.2. The molecule has 0 aliphatic carbocycles. The Balaban J connectivity index is 2.05. The molecule has 0 spiro atoms. The van der Waals surface area contributed by atoms with E-state index in [0.717, 1.165) is 0 Å². The second kappa shape index (κ2) is 4.28. The fraction of sp³-hybridized carbons (Fsp3) is 0.846. The minimum atomic E-state index is -0.572. The Morgan fingerprint density at radius 3 is 2.58 bits per heavy atom. The molecular weight excluding hydrogens is 248 g/mol. The highest BCUT2D eigenvalue weighted by Crippen LogP contribution is 2.32. The summed E-state index contributed by atoms with van der Waals surface area (Å²) in [4.78, 5) is 27.1. The maximum absolute atomic E-state index is 12.1. The SMILES string of the molecule is CC(C)(C)OC(=O)N1CCN2C(=O)OC(C)(C)[C@@H]2C1. The van der Waals surface area contributed by atoms with Gasteiger partial charge in [0.05, 0.1) is 6.04 Å². The molecule has 19 heavy (non-hydrogen) atoms. The van der Waals surface area contributed by atoms with Crippen LogP contribution in [0.2, 0.25) is 0 Å². The zero-order chi connectivity index (χ0) is 14.4. The van der Waals surface area contributed by atoms with Gasteiger partial charge in [-0.3, -0.25) is 4.90 Å². The number of ether oxygens (including phenoxy) is 2. The predicted octanol–water partition coefficient (Wildman–Crippen LogP) is 1.84. The fourth-order valence-corrected chi connectivity index (χ4v) is 2.44. The molecule has 2 amide bonds. The van der Waals surface area contributed by atoms with Gasteiger partial charge < -0.3 is 14.4 Å². The molecule has 0 aromatic rings. The summed E-state index contributed by atoms with van der Waals surface area (Å²) >= 11 is 0. The number of amides is 2. The van der Waals surface area contributed by atoms with Crippen LogP contribution in [0.5, 0.6) is 0 Å². The molecular formula is C13H22N2O4. The number of piperazine rings is 1. The van der Waals surface area contributed by atoms with E-state index < -0.39 is 11.2 Å². The van der Waals surface area contributed by atoms with E-state index in [2.05, 4.69) is 0 Å². The third-order valence-electron chi connectivity index (χ3n) is 3.42. The topological polar surface area (TPSA) is 59.1 Å². The van der Waals surface area contributed by atoms with Gasteiger partial charge in [-0.2, -0.15) is 0 Å². The van der Waals surface area contributed by atoms with E-state index in [1.165, 1.54) is 0 Å². The van der Waals surface area contributed by atoms with Crippen LogP contribution in [0.3, 0.4) is 0 Å². The van der Waals surface area contributed by atoms with Gasteiger partial charge in [0, 0.05) is 19.6 Å². The highest BCUT2D eigenvalue weighted by atomic mass is 16.6. The molecule has 2 aliphatic heterocycles. The third kappa shape index (κ3) is 2.77. The Kier molecular flexibility index (Phi) is 3.15. The van der Waals surface area contributed by atoms with Crippen molar-refractivity contribution < 1.29 is 19.1 Å². The first kappa shape index (κ1) is 14.0. The summed E-state index contributed by atoms with van der Waals surface area (Å²) in [6, 6.07) is -0.110. The number of carbonyl (C=O) groups excluding carboxylic acids is 2. The van der Waals surface area contributed by atoms with Crippen LogP contribution in [0.4, 0.5) is 9.59 Å². The second-order valence-electron chi connectivity index (χ2n) is 6.61. The molecule has 2 rings (SSSR count). The Labute approximate surface area is 113 Å². The van der Waals surface area contributed by atoms with Crippen LogP contribution in [0.25, 0.3) is 0 Å². The van der Waals surface area contributed by atoms with E-state index in [4.69, 9.17) is 9.47 Å². The summed E-state index contributed by atoms with van der Waals surface area (Å²) in [5, 5.41) is 0. The van der Waals surface area contributed by atoms with Crippen molar-refractivity contribution in [2.75, 3.05) is 19.6 Å². The molecule has 1 atom stereocenters. The highest BCUT2D eigenvalue weighted by Gasteiger charge is 2.51. The van der Waals surface area contributed by atoms with Crippen LogP contribution in [0.15, 0.2) is 0 Å². The Morgan fingerprint density at radius 1 is 1.37 bits per heavy atom. The molecule has 0 aromatic carbocycles. The van der Waals surface area contributed by atoms with Crippen LogP contribution in [-0.2, 0) is 9.47 Å². The van der Waals surface area contributed by atoms with Crippen molar-refractivity contribution in [1.29, 1.82) is 0 Å². The van der Waals surface area contributed by atoms with Crippen molar-refractivity contribution in [1.82, 2.24) is 9.80 Å². The molecule has 108 valence electrons. The van der Waals surface area contributed by atoms with Crippen molar-refractivity contribution in [3.8, 4) is 0 Å². The van der Waals surface area contributed by atoms with Crippen molar-refractivity contribution in [3.63, 3.8) is 0 Å². The maximum atomic E-state index is 12.1. The van der Waals surface area contributed by atoms with Crippen LogP contribution >= 0.6 is 0 Å². The quantitative estimate of drug-likeness (QED) is 0.674. The molecule has 0 aromatic heterocycles. The standard InChI is InChI=1S/C13H22N2O4/c1-12(2,3)18-10(16)14-6-7-15-9(8-14)13(4,5)19-11(15)17/h9H,6-8H2,1-5H3/t9-/m0/s1. The summed E-state index contributed by atoms with van der Waals surface area (Å²) < 4.78 is 10.7. The van der Waals surface area contributed by atoms with E-state index >= 15 is 0 Å². The molecule has 2 aliphatic rings. The number of nitrogens with zero attached hydrogens (tertiary/aromatic N) is 2. The van der Waals surface area contributed by atoms with Crippen molar-refractivity contribution in [2.24, 2.45) is 0 Å².